The molecule has 0 bridgehead atoms. The van der Waals surface area contributed by atoms with Gasteiger partial charge in [-0.25, -0.2) is 13.1 Å². The number of rotatable bonds is 5. The molecule has 0 unspecified atom stereocenters. The van der Waals surface area contributed by atoms with Gasteiger partial charge in [0.1, 0.15) is 11.0 Å². The van der Waals surface area contributed by atoms with Crippen molar-refractivity contribution in [3.8, 4) is 0 Å². The first-order valence-electron chi connectivity index (χ1n) is 8.39. The highest BCUT2D eigenvalue weighted by Gasteiger charge is 2.31. The van der Waals surface area contributed by atoms with Gasteiger partial charge in [0.15, 0.2) is 9.84 Å². The Morgan fingerprint density at radius 2 is 2.12 bits per heavy atom. The van der Waals surface area contributed by atoms with E-state index in [9.17, 15) is 8.42 Å². The first-order chi connectivity index (χ1) is 11.7. The maximum atomic E-state index is 11.8. The molecule has 1 aliphatic heterocycles. The molecule has 1 fully saturated rings. The van der Waals surface area contributed by atoms with Gasteiger partial charge in [-0.05, 0) is 19.3 Å². The molecule has 1 aliphatic rings. The highest BCUT2D eigenvalue weighted by atomic mass is 35.5. The highest BCUT2D eigenvalue weighted by molar-refractivity contribution is 7.91. The van der Waals surface area contributed by atoms with Crippen LogP contribution in [0.5, 0.6) is 0 Å². The number of anilines is 1. The van der Waals surface area contributed by atoms with Crippen molar-refractivity contribution in [2.24, 2.45) is 7.05 Å². The van der Waals surface area contributed by atoms with E-state index in [1.165, 1.54) is 0 Å². The minimum absolute atomic E-state index is 0.116. The maximum absolute atomic E-state index is 11.8. The minimum atomic E-state index is -2.96. The van der Waals surface area contributed by atoms with Crippen molar-refractivity contribution in [3.63, 3.8) is 0 Å². The van der Waals surface area contributed by atoms with Crippen LogP contribution in [0.15, 0.2) is 6.07 Å². The molecule has 0 saturated carbocycles. The van der Waals surface area contributed by atoms with Crippen LogP contribution in [-0.2, 0) is 23.4 Å². The van der Waals surface area contributed by atoms with E-state index in [4.69, 9.17) is 11.6 Å². The number of hydrogen-bond acceptors (Lipinski definition) is 5. The molecule has 0 spiro atoms. The van der Waals surface area contributed by atoms with Crippen molar-refractivity contribution in [1.29, 1.82) is 0 Å². The van der Waals surface area contributed by atoms with E-state index in [1.54, 1.807) is 9.36 Å². The van der Waals surface area contributed by atoms with Crippen LogP contribution in [0.2, 0.25) is 5.15 Å². The Bertz CT molecular complexity index is 885. The molecular formula is C16H24ClN5O2S. The van der Waals surface area contributed by atoms with Gasteiger partial charge in [-0.1, -0.05) is 25.4 Å². The molecule has 0 aromatic carbocycles. The average Bonchev–Trinajstić information content (AvgIpc) is 3.15. The number of halogens is 1. The fourth-order valence-electron chi connectivity index (χ4n) is 3.27. The van der Waals surface area contributed by atoms with Crippen LogP contribution < -0.4 is 5.32 Å². The van der Waals surface area contributed by atoms with Gasteiger partial charge in [0.2, 0.25) is 0 Å². The molecule has 3 rings (SSSR count). The van der Waals surface area contributed by atoms with Crippen molar-refractivity contribution in [2.75, 3.05) is 16.8 Å². The Hall–Kier alpha value is -1.54. The van der Waals surface area contributed by atoms with Gasteiger partial charge in [-0.15, -0.1) is 0 Å². The summed E-state index contributed by atoms with van der Waals surface area (Å²) in [6.45, 7) is 6.59. The third-order valence-corrected chi connectivity index (χ3v) is 6.73. The summed E-state index contributed by atoms with van der Waals surface area (Å²) in [5, 5.41) is 13.0. The van der Waals surface area contributed by atoms with Crippen LogP contribution in [0.4, 0.5) is 5.82 Å². The zero-order valence-electron chi connectivity index (χ0n) is 15.0. The molecule has 0 aliphatic carbocycles. The quantitative estimate of drug-likeness (QED) is 0.855. The first-order valence-corrected chi connectivity index (χ1v) is 10.6. The van der Waals surface area contributed by atoms with Crippen molar-refractivity contribution in [2.45, 2.75) is 45.7 Å². The fourth-order valence-corrected chi connectivity index (χ4v) is 5.16. The van der Waals surface area contributed by atoms with Gasteiger partial charge in [0.25, 0.3) is 0 Å². The van der Waals surface area contributed by atoms with Crippen molar-refractivity contribution >= 4 is 27.3 Å². The third-order valence-electron chi connectivity index (χ3n) is 4.51. The Kier molecular flexibility index (Phi) is 4.85. The molecule has 7 nitrogen and oxygen atoms in total. The molecule has 9 heteroatoms. The lowest BCUT2D eigenvalue weighted by Gasteiger charge is -2.15. The highest BCUT2D eigenvalue weighted by Crippen LogP contribution is 2.29. The number of nitrogens with zero attached hydrogens (tertiary/aromatic N) is 4. The lowest BCUT2D eigenvalue weighted by molar-refractivity contribution is 0.501. The molecule has 0 radical (unpaired) electrons. The number of nitrogens with one attached hydrogen (secondary N) is 1. The second kappa shape index (κ2) is 6.64. The Morgan fingerprint density at radius 1 is 1.40 bits per heavy atom. The SMILES string of the molecule is Cc1cc(NCc2c(C(C)C)nn(C)c2Cl)n([C@@H]2CCS(=O)(=O)C2)n1. The summed E-state index contributed by atoms with van der Waals surface area (Å²) < 4.78 is 27.1. The lowest BCUT2D eigenvalue weighted by atomic mass is 10.1. The Balaban J connectivity index is 1.84. The van der Waals surface area contributed by atoms with E-state index in [-0.39, 0.29) is 23.5 Å². The molecule has 2 aromatic heterocycles. The van der Waals surface area contributed by atoms with Crippen LogP contribution in [0.1, 0.15) is 49.2 Å². The van der Waals surface area contributed by atoms with E-state index in [2.05, 4.69) is 29.4 Å². The summed E-state index contributed by atoms with van der Waals surface area (Å²) >= 11 is 6.39. The second-order valence-corrected chi connectivity index (χ2v) is 9.55. The predicted molar refractivity (Wildman–Crippen MR) is 98.9 cm³/mol. The van der Waals surface area contributed by atoms with Gasteiger partial charge in [-0.3, -0.25) is 4.68 Å². The predicted octanol–water partition coefficient (Wildman–Crippen LogP) is 2.67. The summed E-state index contributed by atoms with van der Waals surface area (Å²) in [5.41, 5.74) is 2.78. The topological polar surface area (TPSA) is 81.8 Å². The molecular weight excluding hydrogens is 362 g/mol. The van der Waals surface area contributed by atoms with Gasteiger partial charge in [0.05, 0.1) is 28.9 Å². The van der Waals surface area contributed by atoms with Gasteiger partial charge >= 0.3 is 0 Å². The summed E-state index contributed by atoms with van der Waals surface area (Å²) in [6.07, 6.45) is 0.600. The molecule has 3 heterocycles. The summed E-state index contributed by atoms with van der Waals surface area (Å²) in [5.74, 6) is 1.45. The van der Waals surface area contributed by atoms with E-state index in [0.717, 1.165) is 22.8 Å². The van der Waals surface area contributed by atoms with Gasteiger partial charge < -0.3 is 5.32 Å². The van der Waals surface area contributed by atoms with Gasteiger partial charge in [-0.2, -0.15) is 10.2 Å². The smallest absolute Gasteiger partial charge is 0.152 e. The zero-order chi connectivity index (χ0) is 18.4. The molecule has 0 amide bonds. The second-order valence-electron chi connectivity index (χ2n) is 6.96. The van der Waals surface area contributed by atoms with Crippen LogP contribution in [0.25, 0.3) is 0 Å². The molecule has 1 atom stereocenters. The third kappa shape index (κ3) is 3.69. The standard InChI is InChI=1S/C16H24ClN5O2S/c1-10(2)15-13(16(17)21(4)20-15)8-18-14-7-11(3)19-22(14)12-5-6-25(23,24)9-12/h7,10,12,18H,5-6,8-9H2,1-4H3/t12-/m1/s1. The summed E-state index contributed by atoms with van der Waals surface area (Å²) in [6, 6.07) is 1.82. The molecule has 2 aromatic rings. The Labute approximate surface area is 153 Å². The normalized spacial score (nSPS) is 19.7. The molecule has 1 N–H and O–H groups in total. The first kappa shape index (κ1) is 18.3. The largest absolute Gasteiger partial charge is 0.366 e. The van der Waals surface area contributed by atoms with E-state index >= 15 is 0 Å². The van der Waals surface area contributed by atoms with Gasteiger partial charge in [0, 0.05) is 25.2 Å². The van der Waals surface area contributed by atoms with Crippen LogP contribution in [-0.4, -0.2) is 39.5 Å². The summed E-state index contributed by atoms with van der Waals surface area (Å²) in [4.78, 5) is 0. The number of hydrogen-bond donors (Lipinski definition) is 1. The molecule has 1 saturated heterocycles. The minimum Gasteiger partial charge on any atom is -0.366 e. The monoisotopic (exact) mass is 385 g/mol. The average molecular weight is 386 g/mol. The maximum Gasteiger partial charge on any atom is 0.152 e. The van der Waals surface area contributed by atoms with Crippen LogP contribution in [0.3, 0.4) is 0 Å². The number of aromatic nitrogens is 4. The molecule has 138 valence electrons. The number of sulfone groups is 1. The number of aryl methyl sites for hydroxylation is 2. The fraction of sp³-hybridized carbons (Fsp3) is 0.625. The molecule has 25 heavy (non-hydrogen) atoms. The van der Waals surface area contributed by atoms with Crippen molar-refractivity contribution in [3.05, 3.63) is 28.2 Å². The van der Waals surface area contributed by atoms with E-state index in [0.29, 0.717) is 18.1 Å². The van der Waals surface area contributed by atoms with Crippen LogP contribution in [0, 0.1) is 6.92 Å². The summed E-state index contributed by atoms with van der Waals surface area (Å²) in [7, 11) is -1.13. The Morgan fingerprint density at radius 3 is 2.72 bits per heavy atom. The van der Waals surface area contributed by atoms with Crippen LogP contribution >= 0.6 is 11.6 Å². The van der Waals surface area contributed by atoms with E-state index in [1.807, 2.05) is 20.0 Å². The van der Waals surface area contributed by atoms with Crippen molar-refractivity contribution < 1.29 is 8.42 Å². The zero-order valence-corrected chi connectivity index (χ0v) is 16.5. The van der Waals surface area contributed by atoms with Crippen molar-refractivity contribution in [1.82, 2.24) is 19.6 Å². The lowest BCUT2D eigenvalue weighted by Crippen LogP contribution is -2.16. The van der Waals surface area contributed by atoms with E-state index < -0.39 is 9.84 Å².